The summed E-state index contributed by atoms with van der Waals surface area (Å²) in [7, 11) is 0. The number of benzene rings is 2. The normalized spacial score (nSPS) is 10.8. The van der Waals surface area contributed by atoms with E-state index in [4.69, 9.17) is 4.74 Å². The van der Waals surface area contributed by atoms with Crippen molar-refractivity contribution in [3.05, 3.63) is 78.0 Å². The van der Waals surface area contributed by atoms with Gasteiger partial charge in [-0.1, -0.05) is 24.3 Å². The molecule has 0 atom stereocenters. The highest BCUT2D eigenvalue weighted by molar-refractivity contribution is 5.86. The van der Waals surface area contributed by atoms with Crippen LogP contribution >= 0.6 is 0 Å². The minimum atomic E-state index is -0.268. The van der Waals surface area contributed by atoms with E-state index in [1.807, 2.05) is 31.2 Å². The molecule has 0 aliphatic rings. The minimum absolute atomic E-state index is 0.0631. The Morgan fingerprint density at radius 1 is 1.06 bits per heavy atom. The highest BCUT2D eigenvalue weighted by atomic mass is 19.1. The molecule has 0 saturated heterocycles. The Balaban J connectivity index is 1.31. The van der Waals surface area contributed by atoms with Gasteiger partial charge in [-0.25, -0.2) is 19.0 Å². The number of nitrogens with zero attached hydrogens (tertiary/aromatic N) is 4. The Kier molecular flexibility index (Phi) is 7.09. The van der Waals surface area contributed by atoms with Gasteiger partial charge in [-0.2, -0.15) is 5.10 Å². The maximum atomic E-state index is 13.1. The lowest BCUT2D eigenvalue weighted by molar-refractivity contribution is -0.120. The summed E-state index contributed by atoms with van der Waals surface area (Å²) < 4.78 is 20.2. The molecule has 4 rings (SSSR count). The molecule has 0 aliphatic heterocycles. The average molecular weight is 449 g/mol. The second kappa shape index (κ2) is 10.5. The standard InChI is InChI=1S/C24H25FN6O2/c1-2-33-20-9-5-17(6-10-20)13-22(32)26-11-12-31-24-21(15-30-31)23(28-16-29-24)27-14-18-3-7-19(25)8-4-18/h3-10,15-16H,2,11-14H2,1H3,(H,26,32)(H,27,28,29). The number of nitrogens with one attached hydrogen (secondary N) is 2. The second-order valence-corrected chi connectivity index (χ2v) is 7.41. The molecule has 2 aromatic carbocycles. The summed E-state index contributed by atoms with van der Waals surface area (Å²) in [6.45, 7) is 3.95. The highest BCUT2D eigenvalue weighted by Gasteiger charge is 2.10. The molecule has 1 amide bonds. The van der Waals surface area contributed by atoms with Crippen LogP contribution in [-0.2, 0) is 24.3 Å². The number of fused-ring (bicyclic) bond motifs is 1. The topological polar surface area (TPSA) is 94.0 Å². The van der Waals surface area contributed by atoms with E-state index in [1.54, 1.807) is 23.0 Å². The molecule has 0 spiro atoms. The summed E-state index contributed by atoms with van der Waals surface area (Å²) in [6.07, 6.45) is 3.47. The zero-order valence-corrected chi connectivity index (χ0v) is 18.3. The summed E-state index contributed by atoms with van der Waals surface area (Å²) in [5.74, 6) is 1.11. The van der Waals surface area contributed by atoms with Crippen LogP contribution < -0.4 is 15.4 Å². The van der Waals surface area contributed by atoms with Crippen LogP contribution in [0.25, 0.3) is 11.0 Å². The summed E-state index contributed by atoms with van der Waals surface area (Å²) in [5.41, 5.74) is 2.53. The molecule has 0 saturated carbocycles. The smallest absolute Gasteiger partial charge is 0.224 e. The molecule has 33 heavy (non-hydrogen) atoms. The number of hydrogen-bond acceptors (Lipinski definition) is 6. The maximum Gasteiger partial charge on any atom is 0.224 e. The zero-order chi connectivity index (χ0) is 23.0. The monoisotopic (exact) mass is 448 g/mol. The maximum absolute atomic E-state index is 13.1. The molecule has 2 N–H and O–H groups in total. The van der Waals surface area contributed by atoms with E-state index in [2.05, 4.69) is 25.7 Å². The van der Waals surface area contributed by atoms with Gasteiger partial charge in [0.15, 0.2) is 5.65 Å². The van der Waals surface area contributed by atoms with Crippen molar-refractivity contribution in [1.82, 2.24) is 25.1 Å². The summed E-state index contributed by atoms with van der Waals surface area (Å²) >= 11 is 0. The van der Waals surface area contributed by atoms with Gasteiger partial charge in [0.25, 0.3) is 0 Å². The van der Waals surface area contributed by atoms with Gasteiger partial charge in [0, 0.05) is 13.1 Å². The lowest BCUT2D eigenvalue weighted by atomic mass is 10.1. The molecule has 0 fully saturated rings. The first-order chi connectivity index (χ1) is 16.1. The molecule has 0 bridgehead atoms. The van der Waals surface area contributed by atoms with Gasteiger partial charge in [-0.05, 0) is 42.3 Å². The number of amides is 1. The Morgan fingerprint density at radius 2 is 1.82 bits per heavy atom. The number of carbonyl (C=O) groups is 1. The first-order valence-corrected chi connectivity index (χ1v) is 10.8. The number of ether oxygens (including phenoxy) is 1. The van der Waals surface area contributed by atoms with Gasteiger partial charge in [-0.3, -0.25) is 4.79 Å². The predicted molar refractivity (Wildman–Crippen MR) is 123 cm³/mol. The molecule has 9 heteroatoms. The van der Waals surface area contributed by atoms with Gasteiger partial charge in [0.05, 0.1) is 31.2 Å². The van der Waals surface area contributed by atoms with Crippen LogP contribution in [0.4, 0.5) is 10.2 Å². The fraction of sp³-hybridized carbons (Fsp3) is 0.250. The van der Waals surface area contributed by atoms with E-state index in [1.165, 1.54) is 18.5 Å². The lowest BCUT2D eigenvalue weighted by Gasteiger charge is -2.08. The first-order valence-electron chi connectivity index (χ1n) is 10.8. The minimum Gasteiger partial charge on any atom is -0.494 e. The molecule has 170 valence electrons. The first kappa shape index (κ1) is 22.2. The Hall–Kier alpha value is -4.01. The van der Waals surface area contributed by atoms with Crippen molar-refractivity contribution < 1.29 is 13.9 Å². The van der Waals surface area contributed by atoms with E-state index in [0.717, 1.165) is 22.3 Å². The molecule has 8 nitrogen and oxygen atoms in total. The lowest BCUT2D eigenvalue weighted by Crippen LogP contribution is -2.28. The van der Waals surface area contributed by atoms with E-state index in [-0.39, 0.29) is 11.7 Å². The van der Waals surface area contributed by atoms with Crippen LogP contribution in [0.15, 0.2) is 61.1 Å². The van der Waals surface area contributed by atoms with Crippen molar-refractivity contribution in [2.75, 3.05) is 18.5 Å². The van der Waals surface area contributed by atoms with E-state index < -0.39 is 0 Å². The average Bonchev–Trinajstić information content (AvgIpc) is 3.24. The summed E-state index contributed by atoms with van der Waals surface area (Å²) in [6, 6.07) is 13.8. The Morgan fingerprint density at radius 3 is 2.58 bits per heavy atom. The van der Waals surface area contributed by atoms with Gasteiger partial charge in [0.1, 0.15) is 23.7 Å². The van der Waals surface area contributed by atoms with Crippen LogP contribution in [0.2, 0.25) is 0 Å². The summed E-state index contributed by atoms with van der Waals surface area (Å²) in [5, 5.41) is 11.3. The second-order valence-electron chi connectivity index (χ2n) is 7.41. The van der Waals surface area contributed by atoms with Crippen molar-refractivity contribution in [3.8, 4) is 5.75 Å². The van der Waals surface area contributed by atoms with Crippen molar-refractivity contribution in [2.45, 2.75) is 26.4 Å². The number of aromatic nitrogens is 4. The Bertz CT molecular complexity index is 1210. The molecule has 0 radical (unpaired) electrons. The van der Waals surface area contributed by atoms with E-state index in [9.17, 15) is 9.18 Å². The van der Waals surface area contributed by atoms with Crippen LogP contribution in [0.5, 0.6) is 5.75 Å². The molecule has 0 aliphatic carbocycles. The van der Waals surface area contributed by atoms with Gasteiger partial charge in [0.2, 0.25) is 5.91 Å². The number of carbonyl (C=O) groups excluding carboxylic acids is 1. The van der Waals surface area contributed by atoms with Crippen LogP contribution in [0, 0.1) is 5.82 Å². The number of hydrogen-bond donors (Lipinski definition) is 2. The fourth-order valence-electron chi connectivity index (χ4n) is 3.40. The molecule has 0 unspecified atom stereocenters. The molecule has 2 aromatic heterocycles. The number of rotatable bonds is 10. The SMILES string of the molecule is CCOc1ccc(CC(=O)NCCn2ncc3c(NCc4ccc(F)cc4)ncnc32)cc1. The van der Waals surface area contributed by atoms with Crippen molar-refractivity contribution >= 4 is 22.8 Å². The Labute approximate surface area is 190 Å². The van der Waals surface area contributed by atoms with Gasteiger partial charge < -0.3 is 15.4 Å². The third-order valence-corrected chi connectivity index (χ3v) is 5.05. The van der Waals surface area contributed by atoms with E-state index in [0.29, 0.717) is 44.1 Å². The van der Waals surface area contributed by atoms with Crippen molar-refractivity contribution in [3.63, 3.8) is 0 Å². The third-order valence-electron chi connectivity index (χ3n) is 5.05. The van der Waals surface area contributed by atoms with Crippen LogP contribution in [-0.4, -0.2) is 38.8 Å². The third kappa shape index (κ3) is 5.82. The van der Waals surface area contributed by atoms with Crippen LogP contribution in [0.3, 0.4) is 0 Å². The summed E-state index contributed by atoms with van der Waals surface area (Å²) in [4.78, 5) is 20.9. The fourth-order valence-corrected chi connectivity index (χ4v) is 3.40. The number of anilines is 1. The molecule has 2 heterocycles. The van der Waals surface area contributed by atoms with Crippen molar-refractivity contribution in [1.29, 1.82) is 0 Å². The molecule has 4 aromatic rings. The van der Waals surface area contributed by atoms with Gasteiger partial charge in [-0.15, -0.1) is 0 Å². The molecular formula is C24H25FN6O2. The van der Waals surface area contributed by atoms with E-state index >= 15 is 0 Å². The van der Waals surface area contributed by atoms with Crippen LogP contribution in [0.1, 0.15) is 18.1 Å². The highest BCUT2D eigenvalue weighted by Crippen LogP contribution is 2.19. The zero-order valence-electron chi connectivity index (χ0n) is 18.3. The number of halogens is 1. The quantitative estimate of drug-likeness (QED) is 0.387. The molecular weight excluding hydrogens is 423 g/mol. The van der Waals surface area contributed by atoms with Gasteiger partial charge >= 0.3 is 0 Å². The largest absolute Gasteiger partial charge is 0.494 e. The predicted octanol–water partition coefficient (Wildman–Crippen LogP) is 3.34. The van der Waals surface area contributed by atoms with Crippen molar-refractivity contribution in [2.24, 2.45) is 0 Å².